The minimum absolute atomic E-state index is 0.459. The maximum Gasteiger partial charge on any atom is 0.152 e. The molecule has 0 aliphatic carbocycles. The number of rotatable bonds is 5. The number of ether oxygens (including phenoxy) is 2. The highest BCUT2D eigenvalue weighted by Crippen LogP contribution is 2.22. The van der Waals surface area contributed by atoms with Gasteiger partial charge < -0.3 is 9.47 Å². The van der Waals surface area contributed by atoms with Crippen LogP contribution in [0.2, 0.25) is 0 Å². The first kappa shape index (κ1) is 11.9. The monoisotopic (exact) mass is 285 g/mol. The first-order valence-corrected chi connectivity index (χ1v) is 6.50. The van der Waals surface area contributed by atoms with Crippen LogP contribution in [0.1, 0.15) is 25.7 Å². The van der Waals surface area contributed by atoms with Gasteiger partial charge in [0.2, 0.25) is 0 Å². The molecule has 88 valence electrons. The molecule has 3 nitrogen and oxygen atoms in total. The number of nitrogens with zero attached hydrogens (tertiary/aromatic N) is 1. The minimum Gasteiger partial charge on any atom is -0.491 e. The van der Waals surface area contributed by atoms with Gasteiger partial charge in [-0.2, -0.15) is 0 Å². The molecule has 1 aliphatic rings. The molecule has 1 saturated heterocycles. The molecule has 2 rings (SSSR count). The smallest absolute Gasteiger partial charge is 0.152 e. The molecule has 1 fully saturated rings. The zero-order chi connectivity index (χ0) is 11.2. The van der Waals surface area contributed by atoms with E-state index in [-0.39, 0.29) is 0 Å². The highest BCUT2D eigenvalue weighted by molar-refractivity contribution is 9.10. The van der Waals surface area contributed by atoms with Crippen LogP contribution in [0.25, 0.3) is 0 Å². The van der Waals surface area contributed by atoms with Gasteiger partial charge in [0.1, 0.15) is 4.60 Å². The van der Waals surface area contributed by atoms with Crippen molar-refractivity contribution in [3.05, 3.63) is 22.9 Å². The molecule has 1 unspecified atom stereocenters. The molecule has 2 heterocycles. The second kappa shape index (κ2) is 6.21. The Morgan fingerprint density at radius 3 is 3.25 bits per heavy atom. The van der Waals surface area contributed by atoms with Crippen molar-refractivity contribution in [2.75, 3.05) is 13.2 Å². The Morgan fingerprint density at radius 1 is 1.56 bits per heavy atom. The summed E-state index contributed by atoms with van der Waals surface area (Å²) in [6.07, 6.45) is 6.74. The molecule has 0 bridgehead atoms. The predicted molar refractivity (Wildman–Crippen MR) is 65.6 cm³/mol. The summed E-state index contributed by atoms with van der Waals surface area (Å²) >= 11 is 3.35. The summed E-state index contributed by atoms with van der Waals surface area (Å²) in [5.41, 5.74) is 0. The molecule has 0 saturated carbocycles. The van der Waals surface area contributed by atoms with Crippen LogP contribution in [0.4, 0.5) is 0 Å². The first-order valence-electron chi connectivity index (χ1n) is 5.71. The van der Waals surface area contributed by atoms with Gasteiger partial charge in [-0.3, -0.25) is 0 Å². The quantitative estimate of drug-likeness (QED) is 0.615. The molecule has 1 aliphatic heterocycles. The molecule has 4 heteroatoms. The second-order valence-electron chi connectivity index (χ2n) is 3.92. The van der Waals surface area contributed by atoms with E-state index < -0.39 is 0 Å². The van der Waals surface area contributed by atoms with Gasteiger partial charge in [-0.25, -0.2) is 4.98 Å². The van der Waals surface area contributed by atoms with Crippen LogP contribution >= 0.6 is 15.9 Å². The van der Waals surface area contributed by atoms with Gasteiger partial charge in [-0.15, -0.1) is 0 Å². The molecular weight excluding hydrogens is 270 g/mol. The third kappa shape index (κ3) is 3.46. The highest BCUT2D eigenvalue weighted by Gasteiger charge is 2.14. The van der Waals surface area contributed by atoms with E-state index >= 15 is 0 Å². The highest BCUT2D eigenvalue weighted by atomic mass is 79.9. The topological polar surface area (TPSA) is 31.4 Å². The Kier molecular flexibility index (Phi) is 4.60. The van der Waals surface area contributed by atoms with E-state index in [0.29, 0.717) is 6.10 Å². The van der Waals surface area contributed by atoms with E-state index in [1.165, 1.54) is 12.8 Å². The Balaban J connectivity index is 1.66. The lowest BCUT2D eigenvalue weighted by molar-refractivity contribution is 0.0981. The third-order valence-electron chi connectivity index (χ3n) is 2.68. The average Bonchev–Trinajstić information content (AvgIpc) is 2.79. The van der Waals surface area contributed by atoms with Crippen LogP contribution in [-0.4, -0.2) is 24.3 Å². The fourth-order valence-corrected chi connectivity index (χ4v) is 2.21. The molecule has 1 aromatic rings. The Labute approximate surface area is 104 Å². The van der Waals surface area contributed by atoms with Crippen LogP contribution in [0, 0.1) is 0 Å². The Morgan fingerprint density at radius 2 is 2.50 bits per heavy atom. The van der Waals surface area contributed by atoms with E-state index in [9.17, 15) is 0 Å². The number of pyridine rings is 1. The van der Waals surface area contributed by atoms with Crippen molar-refractivity contribution >= 4 is 15.9 Å². The minimum atomic E-state index is 0.459. The van der Waals surface area contributed by atoms with Crippen molar-refractivity contribution in [3.63, 3.8) is 0 Å². The molecular formula is C12H16BrNO2. The molecule has 0 N–H and O–H groups in total. The largest absolute Gasteiger partial charge is 0.491 e. The molecule has 0 aromatic carbocycles. The van der Waals surface area contributed by atoms with Gasteiger partial charge >= 0.3 is 0 Å². The molecule has 0 radical (unpaired) electrons. The summed E-state index contributed by atoms with van der Waals surface area (Å²) < 4.78 is 12.0. The average molecular weight is 286 g/mol. The fraction of sp³-hybridized carbons (Fsp3) is 0.583. The van der Waals surface area contributed by atoms with Gasteiger partial charge in [-0.05, 0) is 53.7 Å². The third-order valence-corrected chi connectivity index (χ3v) is 3.27. The standard InChI is InChI=1S/C12H16BrNO2/c13-12-11(6-1-7-14-12)16-9-3-5-10-4-2-8-15-10/h1,6-7,10H,2-5,8-9H2. The van der Waals surface area contributed by atoms with Crippen molar-refractivity contribution in [3.8, 4) is 5.75 Å². The van der Waals surface area contributed by atoms with Crippen LogP contribution < -0.4 is 4.74 Å². The van der Waals surface area contributed by atoms with Crippen LogP contribution in [0.3, 0.4) is 0 Å². The van der Waals surface area contributed by atoms with E-state index in [0.717, 1.165) is 36.4 Å². The van der Waals surface area contributed by atoms with Gasteiger partial charge in [0.25, 0.3) is 0 Å². The predicted octanol–water partition coefficient (Wildman–Crippen LogP) is 3.18. The number of hydrogen-bond acceptors (Lipinski definition) is 3. The fourth-order valence-electron chi connectivity index (χ4n) is 1.84. The lowest BCUT2D eigenvalue weighted by Crippen LogP contribution is -2.07. The number of halogens is 1. The molecule has 0 amide bonds. The number of hydrogen-bond donors (Lipinski definition) is 0. The maximum absolute atomic E-state index is 5.63. The van der Waals surface area contributed by atoms with E-state index in [4.69, 9.17) is 9.47 Å². The Hall–Kier alpha value is -0.610. The van der Waals surface area contributed by atoms with Crippen LogP contribution in [0.15, 0.2) is 22.9 Å². The zero-order valence-corrected chi connectivity index (χ0v) is 10.8. The van der Waals surface area contributed by atoms with Crippen molar-refractivity contribution in [2.24, 2.45) is 0 Å². The van der Waals surface area contributed by atoms with Crippen molar-refractivity contribution in [2.45, 2.75) is 31.8 Å². The van der Waals surface area contributed by atoms with Crippen LogP contribution in [-0.2, 0) is 4.74 Å². The summed E-state index contributed by atoms with van der Waals surface area (Å²) in [6.45, 7) is 1.66. The van der Waals surface area contributed by atoms with Crippen molar-refractivity contribution in [1.29, 1.82) is 0 Å². The van der Waals surface area contributed by atoms with E-state index in [1.807, 2.05) is 12.1 Å². The van der Waals surface area contributed by atoms with Gasteiger partial charge in [-0.1, -0.05) is 0 Å². The SMILES string of the molecule is Brc1ncccc1OCCCC1CCCO1. The summed E-state index contributed by atoms with van der Waals surface area (Å²) in [4.78, 5) is 4.10. The van der Waals surface area contributed by atoms with Crippen LogP contribution in [0.5, 0.6) is 5.75 Å². The maximum atomic E-state index is 5.63. The lowest BCUT2D eigenvalue weighted by Gasteiger charge is -2.10. The first-order chi connectivity index (χ1) is 7.86. The van der Waals surface area contributed by atoms with E-state index in [1.54, 1.807) is 6.20 Å². The van der Waals surface area contributed by atoms with Gasteiger partial charge in [0.05, 0.1) is 12.7 Å². The molecule has 1 atom stereocenters. The lowest BCUT2D eigenvalue weighted by atomic mass is 10.1. The number of aromatic nitrogens is 1. The van der Waals surface area contributed by atoms with E-state index in [2.05, 4.69) is 20.9 Å². The molecule has 0 spiro atoms. The summed E-state index contributed by atoms with van der Waals surface area (Å²) in [6, 6.07) is 3.79. The van der Waals surface area contributed by atoms with Crippen molar-refractivity contribution < 1.29 is 9.47 Å². The van der Waals surface area contributed by atoms with Crippen molar-refractivity contribution in [1.82, 2.24) is 4.98 Å². The zero-order valence-electron chi connectivity index (χ0n) is 9.19. The second-order valence-corrected chi connectivity index (χ2v) is 4.67. The molecule has 16 heavy (non-hydrogen) atoms. The molecule has 1 aromatic heterocycles. The summed E-state index contributed by atoms with van der Waals surface area (Å²) in [5.74, 6) is 0.815. The van der Waals surface area contributed by atoms with Gasteiger partial charge in [0, 0.05) is 12.8 Å². The summed E-state index contributed by atoms with van der Waals surface area (Å²) in [7, 11) is 0. The Bertz CT molecular complexity index is 327. The normalized spacial score (nSPS) is 19.9. The summed E-state index contributed by atoms with van der Waals surface area (Å²) in [5, 5.41) is 0. The van der Waals surface area contributed by atoms with Gasteiger partial charge in [0.15, 0.2) is 5.75 Å².